The van der Waals surface area contributed by atoms with Crippen LogP contribution in [0.3, 0.4) is 0 Å². The zero-order valence-corrected chi connectivity index (χ0v) is 22.2. The van der Waals surface area contributed by atoms with Crippen LogP contribution in [0.15, 0.2) is 0 Å². The topological polar surface area (TPSA) is 3.24 Å². The van der Waals surface area contributed by atoms with Crippen LogP contribution in [0.5, 0.6) is 0 Å². The lowest BCUT2D eigenvalue weighted by molar-refractivity contribution is 0.171. The highest BCUT2D eigenvalue weighted by molar-refractivity contribution is 4.71. The van der Waals surface area contributed by atoms with E-state index in [4.69, 9.17) is 0 Å². The normalized spacial score (nSPS) is 13.8. The monoisotopic (exact) mass is 423 g/mol. The van der Waals surface area contributed by atoms with Gasteiger partial charge in [0.1, 0.15) is 0 Å². The summed E-state index contributed by atoms with van der Waals surface area (Å²) in [6, 6.07) is 0.831. The fourth-order valence-electron chi connectivity index (χ4n) is 4.85. The van der Waals surface area contributed by atoms with Crippen LogP contribution in [-0.2, 0) is 0 Å². The summed E-state index contributed by atoms with van der Waals surface area (Å²) < 4.78 is 0. The van der Waals surface area contributed by atoms with Gasteiger partial charge in [-0.25, -0.2) is 0 Å². The van der Waals surface area contributed by atoms with Crippen molar-refractivity contribution in [3.8, 4) is 0 Å². The van der Waals surface area contributed by atoms with Gasteiger partial charge in [-0.2, -0.15) is 0 Å². The van der Waals surface area contributed by atoms with Crippen molar-refractivity contribution in [1.29, 1.82) is 0 Å². The Labute approximate surface area is 193 Å². The van der Waals surface area contributed by atoms with Gasteiger partial charge in [-0.3, -0.25) is 0 Å². The molecule has 0 saturated carbocycles. The molecule has 0 aliphatic carbocycles. The number of unbranched alkanes of at least 4 members (excludes halogenated alkanes) is 12. The van der Waals surface area contributed by atoms with E-state index in [1.807, 2.05) is 0 Å². The molecule has 0 fully saturated rings. The molecule has 0 aromatic carbocycles. The van der Waals surface area contributed by atoms with Gasteiger partial charge in [-0.15, -0.1) is 0 Å². The average Bonchev–Trinajstić information content (AvgIpc) is 2.75. The molecule has 2 unspecified atom stereocenters. The molecule has 0 aliphatic rings. The van der Waals surface area contributed by atoms with Gasteiger partial charge in [0.2, 0.25) is 0 Å². The van der Waals surface area contributed by atoms with Crippen molar-refractivity contribution in [2.24, 2.45) is 5.92 Å². The first kappa shape index (κ1) is 30.0. The quantitative estimate of drug-likeness (QED) is 0.139. The standard InChI is InChI=1S/C29H61N/c1-6-10-13-14-15-16-17-18-19-20-21-23-28(5)24-22-25-29(9-4)30(26-11-7-2)27-12-8-3/h28-29H,6-27H2,1-5H3. The predicted molar refractivity (Wildman–Crippen MR) is 140 cm³/mol. The third-order valence-corrected chi connectivity index (χ3v) is 7.12. The van der Waals surface area contributed by atoms with Crippen LogP contribution >= 0.6 is 0 Å². The zero-order valence-electron chi connectivity index (χ0n) is 22.2. The lowest BCUT2D eigenvalue weighted by Gasteiger charge is -2.31. The molecule has 0 heterocycles. The summed E-state index contributed by atoms with van der Waals surface area (Å²) in [5, 5.41) is 0. The molecule has 0 spiro atoms. The maximum atomic E-state index is 2.82. The minimum Gasteiger partial charge on any atom is -0.300 e. The molecule has 0 bridgehead atoms. The zero-order chi connectivity index (χ0) is 22.3. The van der Waals surface area contributed by atoms with Gasteiger partial charge in [-0.05, 0) is 44.7 Å². The van der Waals surface area contributed by atoms with Gasteiger partial charge >= 0.3 is 0 Å². The summed E-state index contributed by atoms with van der Waals surface area (Å²) in [6.45, 7) is 14.5. The van der Waals surface area contributed by atoms with Crippen LogP contribution < -0.4 is 0 Å². The number of hydrogen-bond acceptors (Lipinski definition) is 1. The van der Waals surface area contributed by atoms with E-state index in [1.165, 1.54) is 142 Å². The van der Waals surface area contributed by atoms with Crippen LogP contribution in [0.2, 0.25) is 0 Å². The molecule has 30 heavy (non-hydrogen) atoms. The van der Waals surface area contributed by atoms with Gasteiger partial charge in [-0.1, -0.05) is 137 Å². The van der Waals surface area contributed by atoms with Gasteiger partial charge in [0, 0.05) is 6.04 Å². The Hall–Kier alpha value is -0.0400. The maximum Gasteiger partial charge on any atom is 0.00926 e. The highest BCUT2D eigenvalue weighted by atomic mass is 15.1. The van der Waals surface area contributed by atoms with Gasteiger partial charge in [0.25, 0.3) is 0 Å². The van der Waals surface area contributed by atoms with Crippen LogP contribution in [0.25, 0.3) is 0 Å². The van der Waals surface area contributed by atoms with E-state index in [9.17, 15) is 0 Å². The molecule has 0 N–H and O–H groups in total. The molecule has 0 amide bonds. The molecule has 1 nitrogen and oxygen atoms in total. The summed E-state index contributed by atoms with van der Waals surface area (Å²) in [7, 11) is 0. The summed E-state index contributed by atoms with van der Waals surface area (Å²) in [5.74, 6) is 0.931. The number of rotatable bonds is 24. The van der Waals surface area contributed by atoms with E-state index >= 15 is 0 Å². The summed E-state index contributed by atoms with van der Waals surface area (Å²) in [4.78, 5) is 2.82. The lowest BCUT2D eigenvalue weighted by atomic mass is 9.94. The second kappa shape index (κ2) is 23.6. The first-order valence-electron chi connectivity index (χ1n) is 14.4. The first-order valence-corrected chi connectivity index (χ1v) is 14.4. The summed E-state index contributed by atoms with van der Waals surface area (Å²) in [5.41, 5.74) is 0. The molecule has 0 saturated heterocycles. The second-order valence-electron chi connectivity index (χ2n) is 10.2. The van der Waals surface area contributed by atoms with Crippen molar-refractivity contribution in [2.75, 3.05) is 13.1 Å². The van der Waals surface area contributed by atoms with Crippen molar-refractivity contribution in [2.45, 2.75) is 169 Å². The SMILES string of the molecule is CCCCCCCCCCCCCC(C)CCCC(CC)N(CCCC)CCCC. The van der Waals surface area contributed by atoms with E-state index in [1.54, 1.807) is 0 Å². The fourth-order valence-corrected chi connectivity index (χ4v) is 4.85. The van der Waals surface area contributed by atoms with Gasteiger partial charge < -0.3 is 4.90 Å². The fraction of sp³-hybridized carbons (Fsp3) is 1.00. The molecular weight excluding hydrogens is 362 g/mol. The molecule has 0 aromatic heterocycles. The van der Waals surface area contributed by atoms with Crippen LogP contribution in [0, 0.1) is 5.92 Å². The Balaban J connectivity index is 3.72. The summed E-state index contributed by atoms with van der Waals surface area (Å²) >= 11 is 0. The van der Waals surface area contributed by atoms with E-state index in [-0.39, 0.29) is 0 Å². The van der Waals surface area contributed by atoms with Crippen LogP contribution in [-0.4, -0.2) is 24.0 Å². The molecular formula is C29H61N. The molecule has 0 rings (SSSR count). The Morgan fingerprint density at radius 2 is 0.900 bits per heavy atom. The lowest BCUT2D eigenvalue weighted by Crippen LogP contribution is -2.36. The van der Waals surface area contributed by atoms with Crippen molar-refractivity contribution in [3.63, 3.8) is 0 Å². The minimum absolute atomic E-state index is 0.831. The molecule has 0 aliphatic heterocycles. The molecule has 2 atom stereocenters. The Morgan fingerprint density at radius 3 is 1.37 bits per heavy atom. The molecule has 0 aromatic rings. The Bertz CT molecular complexity index is 305. The van der Waals surface area contributed by atoms with Gasteiger partial charge in [0.05, 0.1) is 0 Å². The molecule has 1 heteroatoms. The van der Waals surface area contributed by atoms with E-state index in [0.717, 1.165) is 12.0 Å². The average molecular weight is 424 g/mol. The number of hydrogen-bond donors (Lipinski definition) is 0. The molecule has 0 radical (unpaired) electrons. The summed E-state index contributed by atoms with van der Waals surface area (Å²) in [6.07, 6.45) is 28.6. The van der Waals surface area contributed by atoms with E-state index in [0.29, 0.717) is 0 Å². The third kappa shape index (κ3) is 18.7. The highest BCUT2D eigenvalue weighted by Gasteiger charge is 2.16. The minimum atomic E-state index is 0.831. The van der Waals surface area contributed by atoms with E-state index < -0.39 is 0 Å². The smallest absolute Gasteiger partial charge is 0.00926 e. The third-order valence-electron chi connectivity index (χ3n) is 7.12. The predicted octanol–water partition coefficient (Wildman–Crippen LogP) is 10.2. The van der Waals surface area contributed by atoms with Gasteiger partial charge in [0.15, 0.2) is 0 Å². The van der Waals surface area contributed by atoms with Crippen molar-refractivity contribution in [1.82, 2.24) is 4.90 Å². The second-order valence-corrected chi connectivity index (χ2v) is 10.2. The van der Waals surface area contributed by atoms with Crippen LogP contribution in [0.4, 0.5) is 0 Å². The van der Waals surface area contributed by atoms with Crippen molar-refractivity contribution in [3.05, 3.63) is 0 Å². The Kier molecular flexibility index (Phi) is 23.6. The Morgan fingerprint density at radius 1 is 0.467 bits per heavy atom. The number of nitrogens with zero attached hydrogens (tertiary/aromatic N) is 1. The van der Waals surface area contributed by atoms with Crippen LogP contribution in [0.1, 0.15) is 163 Å². The highest BCUT2D eigenvalue weighted by Crippen LogP contribution is 2.21. The van der Waals surface area contributed by atoms with Crippen molar-refractivity contribution < 1.29 is 0 Å². The first-order chi connectivity index (χ1) is 14.7. The maximum absolute atomic E-state index is 2.82. The molecule has 182 valence electrons. The largest absolute Gasteiger partial charge is 0.300 e. The van der Waals surface area contributed by atoms with Crippen molar-refractivity contribution >= 4 is 0 Å². The van der Waals surface area contributed by atoms with E-state index in [2.05, 4.69) is 39.5 Å².